The van der Waals surface area contributed by atoms with E-state index in [1.807, 2.05) is 6.07 Å². The van der Waals surface area contributed by atoms with Crippen LogP contribution in [-0.4, -0.2) is 13.7 Å². The first-order chi connectivity index (χ1) is 8.01. The lowest BCUT2D eigenvalue weighted by molar-refractivity contribution is 0.413. The van der Waals surface area contributed by atoms with Crippen LogP contribution in [0.2, 0.25) is 5.02 Å². The Kier molecular flexibility index (Phi) is 5.29. The van der Waals surface area contributed by atoms with E-state index in [4.69, 9.17) is 22.1 Å². The fourth-order valence-electron chi connectivity index (χ4n) is 1.89. The third-order valence-corrected chi connectivity index (χ3v) is 3.51. The van der Waals surface area contributed by atoms with Gasteiger partial charge in [-0.1, -0.05) is 38.4 Å². The second kappa shape index (κ2) is 6.27. The fraction of sp³-hybridized carbons (Fsp3) is 0.571. The molecule has 0 fully saturated rings. The van der Waals surface area contributed by atoms with E-state index in [0.29, 0.717) is 18.4 Å². The maximum absolute atomic E-state index is 6.35. The van der Waals surface area contributed by atoms with E-state index >= 15 is 0 Å². The number of ether oxygens (including phenoxy) is 1. The zero-order valence-electron chi connectivity index (χ0n) is 11.1. The van der Waals surface area contributed by atoms with E-state index < -0.39 is 0 Å². The molecule has 2 N–H and O–H groups in total. The summed E-state index contributed by atoms with van der Waals surface area (Å²) in [6.07, 6.45) is 0.935. The van der Waals surface area contributed by atoms with Crippen LogP contribution in [0.5, 0.6) is 5.75 Å². The molecule has 0 heterocycles. The molecule has 0 spiro atoms. The molecule has 1 unspecified atom stereocenters. The molecule has 0 bridgehead atoms. The molecule has 2 nitrogen and oxygen atoms in total. The number of hydrogen-bond acceptors (Lipinski definition) is 2. The third-order valence-electron chi connectivity index (χ3n) is 3.11. The lowest BCUT2D eigenvalue weighted by atomic mass is 9.92. The van der Waals surface area contributed by atoms with Crippen molar-refractivity contribution >= 4 is 11.6 Å². The van der Waals surface area contributed by atoms with Crippen molar-refractivity contribution in [3.8, 4) is 5.75 Å². The maximum Gasteiger partial charge on any atom is 0.138 e. The fourth-order valence-corrected chi connectivity index (χ4v) is 2.26. The van der Waals surface area contributed by atoms with E-state index in [2.05, 4.69) is 26.8 Å². The van der Waals surface area contributed by atoms with Gasteiger partial charge in [0.2, 0.25) is 0 Å². The summed E-state index contributed by atoms with van der Waals surface area (Å²) in [6.45, 7) is 7.16. The Bertz CT molecular complexity index is 377. The van der Waals surface area contributed by atoms with Gasteiger partial charge in [-0.25, -0.2) is 0 Å². The molecule has 1 aromatic rings. The van der Waals surface area contributed by atoms with Crippen LogP contribution in [0.4, 0.5) is 0 Å². The molecule has 0 amide bonds. The topological polar surface area (TPSA) is 35.2 Å². The van der Waals surface area contributed by atoms with Gasteiger partial charge in [-0.2, -0.15) is 0 Å². The monoisotopic (exact) mass is 255 g/mol. The Hall–Kier alpha value is -0.730. The highest BCUT2D eigenvalue weighted by Crippen LogP contribution is 2.37. The summed E-state index contributed by atoms with van der Waals surface area (Å²) in [6, 6.07) is 4.20. The molecule has 0 saturated heterocycles. The average molecular weight is 256 g/mol. The molecule has 0 aromatic heterocycles. The van der Waals surface area contributed by atoms with Crippen molar-refractivity contribution in [3.05, 3.63) is 28.3 Å². The van der Waals surface area contributed by atoms with Crippen LogP contribution in [0.15, 0.2) is 12.1 Å². The van der Waals surface area contributed by atoms with Crippen molar-refractivity contribution in [2.45, 2.75) is 39.0 Å². The van der Waals surface area contributed by atoms with Crippen molar-refractivity contribution in [2.75, 3.05) is 13.7 Å². The molecular weight excluding hydrogens is 234 g/mol. The molecule has 0 aliphatic carbocycles. The van der Waals surface area contributed by atoms with E-state index in [1.54, 1.807) is 7.11 Å². The van der Waals surface area contributed by atoms with E-state index in [0.717, 1.165) is 22.8 Å². The van der Waals surface area contributed by atoms with Gasteiger partial charge in [0.15, 0.2) is 0 Å². The van der Waals surface area contributed by atoms with Crippen molar-refractivity contribution in [2.24, 2.45) is 5.73 Å². The zero-order valence-corrected chi connectivity index (χ0v) is 11.8. The molecular formula is C14H22ClNO. The number of hydrogen-bond donors (Lipinski definition) is 1. The molecule has 0 saturated carbocycles. The largest absolute Gasteiger partial charge is 0.495 e. The second-order valence-electron chi connectivity index (χ2n) is 4.76. The summed E-state index contributed by atoms with van der Waals surface area (Å²) >= 11 is 6.35. The molecule has 0 aliphatic heterocycles. The summed E-state index contributed by atoms with van der Waals surface area (Å²) in [5, 5.41) is 0.720. The highest BCUT2D eigenvalue weighted by atomic mass is 35.5. The highest BCUT2D eigenvalue weighted by molar-refractivity contribution is 6.32. The molecule has 0 radical (unpaired) electrons. The minimum atomic E-state index is 0.361. The minimum Gasteiger partial charge on any atom is -0.495 e. The quantitative estimate of drug-likeness (QED) is 0.865. The molecule has 1 rings (SSSR count). The normalized spacial score (nSPS) is 12.9. The van der Waals surface area contributed by atoms with E-state index in [1.165, 1.54) is 5.56 Å². The predicted molar refractivity (Wildman–Crippen MR) is 74.2 cm³/mol. The number of nitrogens with two attached hydrogens (primary N) is 1. The van der Waals surface area contributed by atoms with Gasteiger partial charge in [-0.05, 0) is 42.0 Å². The molecule has 3 heteroatoms. The third kappa shape index (κ3) is 3.36. The van der Waals surface area contributed by atoms with Gasteiger partial charge in [-0.15, -0.1) is 0 Å². The Morgan fingerprint density at radius 1 is 1.29 bits per heavy atom. The zero-order chi connectivity index (χ0) is 13.0. The van der Waals surface area contributed by atoms with Gasteiger partial charge in [0.1, 0.15) is 5.75 Å². The van der Waals surface area contributed by atoms with Gasteiger partial charge in [0.25, 0.3) is 0 Å². The van der Waals surface area contributed by atoms with Crippen molar-refractivity contribution < 1.29 is 4.74 Å². The number of halogens is 1. The summed E-state index contributed by atoms with van der Waals surface area (Å²) in [5.74, 6) is 1.59. The molecule has 96 valence electrons. The van der Waals surface area contributed by atoms with Crippen LogP contribution in [0.3, 0.4) is 0 Å². The first-order valence-electron chi connectivity index (χ1n) is 6.08. The summed E-state index contributed by atoms with van der Waals surface area (Å²) in [5.41, 5.74) is 8.00. The van der Waals surface area contributed by atoms with Gasteiger partial charge in [-0.3, -0.25) is 0 Å². The Morgan fingerprint density at radius 2 is 1.94 bits per heavy atom. The number of benzene rings is 1. The van der Waals surface area contributed by atoms with Gasteiger partial charge in [0, 0.05) is 0 Å². The minimum absolute atomic E-state index is 0.361. The van der Waals surface area contributed by atoms with Gasteiger partial charge < -0.3 is 10.5 Å². The standard InChI is InChI=1S/C14H22ClNO/c1-9(2)11-7-12(10(3)5-6-16)14(15)13(8-11)17-4/h7-10H,5-6,16H2,1-4H3. The van der Waals surface area contributed by atoms with Crippen LogP contribution in [0.25, 0.3) is 0 Å². The average Bonchev–Trinajstić information content (AvgIpc) is 2.29. The van der Waals surface area contributed by atoms with Crippen LogP contribution in [0, 0.1) is 0 Å². The van der Waals surface area contributed by atoms with Crippen LogP contribution >= 0.6 is 11.6 Å². The Balaban J connectivity index is 3.22. The lowest BCUT2D eigenvalue weighted by Gasteiger charge is -2.18. The van der Waals surface area contributed by atoms with Gasteiger partial charge >= 0.3 is 0 Å². The first kappa shape index (κ1) is 14.3. The Morgan fingerprint density at radius 3 is 2.41 bits per heavy atom. The molecule has 1 aromatic carbocycles. The van der Waals surface area contributed by atoms with Crippen molar-refractivity contribution in [1.29, 1.82) is 0 Å². The van der Waals surface area contributed by atoms with E-state index in [-0.39, 0.29) is 0 Å². The molecule has 1 atom stereocenters. The Labute approximate surface area is 109 Å². The SMILES string of the molecule is COc1cc(C(C)C)cc(C(C)CCN)c1Cl. The first-order valence-corrected chi connectivity index (χ1v) is 6.46. The van der Waals surface area contributed by atoms with Crippen LogP contribution in [0.1, 0.15) is 50.2 Å². The van der Waals surface area contributed by atoms with E-state index in [9.17, 15) is 0 Å². The van der Waals surface area contributed by atoms with Crippen LogP contribution in [-0.2, 0) is 0 Å². The second-order valence-corrected chi connectivity index (χ2v) is 5.14. The molecule has 0 aliphatic rings. The summed E-state index contributed by atoms with van der Waals surface area (Å²) in [7, 11) is 1.66. The summed E-state index contributed by atoms with van der Waals surface area (Å²) in [4.78, 5) is 0. The number of rotatable bonds is 5. The van der Waals surface area contributed by atoms with Crippen molar-refractivity contribution in [1.82, 2.24) is 0 Å². The smallest absolute Gasteiger partial charge is 0.138 e. The predicted octanol–water partition coefficient (Wildman–Crippen LogP) is 3.92. The summed E-state index contributed by atoms with van der Waals surface area (Å²) < 4.78 is 5.34. The van der Waals surface area contributed by atoms with Gasteiger partial charge in [0.05, 0.1) is 12.1 Å². The maximum atomic E-state index is 6.35. The van der Waals surface area contributed by atoms with Crippen molar-refractivity contribution in [3.63, 3.8) is 0 Å². The number of methoxy groups -OCH3 is 1. The lowest BCUT2D eigenvalue weighted by Crippen LogP contribution is -2.06. The molecule has 17 heavy (non-hydrogen) atoms. The highest BCUT2D eigenvalue weighted by Gasteiger charge is 2.15. The van der Waals surface area contributed by atoms with Crippen LogP contribution < -0.4 is 10.5 Å².